The molecular formula is C15H17NO3S. The Kier molecular flexibility index (Phi) is 5.15. The highest BCUT2D eigenvalue weighted by Crippen LogP contribution is 2.19. The van der Waals surface area contributed by atoms with Gasteiger partial charge in [-0.15, -0.1) is 0 Å². The lowest BCUT2D eigenvalue weighted by Gasteiger charge is -2.13. The minimum atomic E-state index is -0.690. The van der Waals surface area contributed by atoms with Crippen LogP contribution in [0.15, 0.2) is 41.1 Å². The molecule has 2 N–H and O–H groups in total. The SMILES string of the molecule is CCOc1ccccc1C(=O)NC[C@@H](O)c1ccsc1. The van der Waals surface area contributed by atoms with Gasteiger partial charge in [-0.1, -0.05) is 12.1 Å². The number of aliphatic hydroxyl groups excluding tert-OH is 1. The number of nitrogens with one attached hydrogen (secondary N) is 1. The molecule has 1 aromatic heterocycles. The van der Waals surface area contributed by atoms with E-state index in [-0.39, 0.29) is 12.5 Å². The number of amides is 1. The Labute approximate surface area is 122 Å². The van der Waals surface area contributed by atoms with Gasteiger partial charge in [0.2, 0.25) is 0 Å². The number of rotatable bonds is 6. The second-order valence-corrected chi connectivity index (χ2v) is 4.99. The lowest BCUT2D eigenvalue weighted by Crippen LogP contribution is -2.28. The normalized spacial score (nSPS) is 11.9. The zero-order valence-electron chi connectivity index (χ0n) is 11.2. The Bertz CT molecular complexity index is 554. The fourth-order valence-corrected chi connectivity index (χ4v) is 2.51. The predicted molar refractivity (Wildman–Crippen MR) is 79.2 cm³/mol. The summed E-state index contributed by atoms with van der Waals surface area (Å²) in [7, 11) is 0. The number of aliphatic hydroxyl groups is 1. The Morgan fingerprint density at radius 2 is 2.20 bits per heavy atom. The maximum absolute atomic E-state index is 12.1. The Morgan fingerprint density at radius 1 is 1.40 bits per heavy atom. The lowest BCUT2D eigenvalue weighted by atomic mass is 10.1. The number of hydrogen-bond donors (Lipinski definition) is 2. The summed E-state index contributed by atoms with van der Waals surface area (Å²) in [6, 6.07) is 8.91. The van der Waals surface area contributed by atoms with Crippen LogP contribution in [-0.2, 0) is 0 Å². The molecule has 0 saturated heterocycles. The van der Waals surface area contributed by atoms with E-state index in [4.69, 9.17) is 4.74 Å². The summed E-state index contributed by atoms with van der Waals surface area (Å²) >= 11 is 1.51. The number of carbonyl (C=O) groups is 1. The highest BCUT2D eigenvalue weighted by molar-refractivity contribution is 7.07. The van der Waals surface area contributed by atoms with Gasteiger partial charge >= 0.3 is 0 Å². The largest absolute Gasteiger partial charge is 0.493 e. The van der Waals surface area contributed by atoms with Crippen LogP contribution in [0.2, 0.25) is 0 Å². The molecule has 5 heteroatoms. The molecule has 4 nitrogen and oxygen atoms in total. The number of hydrogen-bond acceptors (Lipinski definition) is 4. The van der Waals surface area contributed by atoms with Crippen molar-refractivity contribution in [3.63, 3.8) is 0 Å². The summed E-state index contributed by atoms with van der Waals surface area (Å²) in [6.07, 6.45) is -0.690. The standard InChI is InChI=1S/C15H17NO3S/c1-2-19-14-6-4-3-5-12(14)15(18)16-9-13(17)11-7-8-20-10-11/h3-8,10,13,17H,2,9H2,1H3,(H,16,18)/t13-/m1/s1. The minimum Gasteiger partial charge on any atom is -0.493 e. The van der Waals surface area contributed by atoms with Gasteiger partial charge in [-0.3, -0.25) is 4.79 Å². The van der Waals surface area contributed by atoms with E-state index in [9.17, 15) is 9.90 Å². The number of benzene rings is 1. The summed E-state index contributed by atoms with van der Waals surface area (Å²) < 4.78 is 5.42. The summed E-state index contributed by atoms with van der Waals surface area (Å²) in [6.45, 7) is 2.55. The number of ether oxygens (including phenoxy) is 1. The highest BCUT2D eigenvalue weighted by atomic mass is 32.1. The first kappa shape index (κ1) is 14.6. The van der Waals surface area contributed by atoms with Crippen molar-refractivity contribution in [3.8, 4) is 5.75 Å². The van der Waals surface area contributed by atoms with E-state index in [1.54, 1.807) is 18.2 Å². The van der Waals surface area contributed by atoms with Gasteiger partial charge in [0.05, 0.1) is 18.3 Å². The quantitative estimate of drug-likeness (QED) is 0.860. The van der Waals surface area contributed by atoms with Crippen LogP contribution in [0, 0.1) is 0 Å². The minimum absolute atomic E-state index is 0.177. The van der Waals surface area contributed by atoms with E-state index < -0.39 is 6.10 Å². The summed E-state index contributed by atoms with van der Waals surface area (Å²) in [4.78, 5) is 12.1. The average molecular weight is 291 g/mol. The Morgan fingerprint density at radius 3 is 2.90 bits per heavy atom. The van der Waals surface area contributed by atoms with Gasteiger partial charge in [0.1, 0.15) is 5.75 Å². The van der Waals surface area contributed by atoms with Gasteiger partial charge in [0.25, 0.3) is 5.91 Å². The third-order valence-electron chi connectivity index (χ3n) is 2.82. The van der Waals surface area contributed by atoms with E-state index in [0.717, 1.165) is 5.56 Å². The van der Waals surface area contributed by atoms with Crippen molar-refractivity contribution >= 4 is 17.2 Å². The van der Waals surface area contributed by atoms with Crippen molar-refractivity contribution in [1.29, 1.82) is 0 Å². The fraction of sp³-hybridized carbons (Fsp3) is 0.267. The van der Waals surface area contributed by atoms with Gasteiger partial charge in [-0.2, -0.15) is 11.3 Å². The predicted octanol–water partition coefficient (Wildman–Crippen LogP) is 2.61. The first-order valence-corrected chi connectivity index (χ1v) is 7.36. The van der Waals surface area contributed by atoms with Crippen LogP contribution < -0.4 is 10.1 Å². The molecule has 1 aromatic carbocycles. The van der Waals surface area contributed by atoms with Crippen LogP contribution in [0.4, 0.5) is 0 Å². The van der Waals surface area contributed by atoms with Gasteiger partial charge in [0, 0.05) is 6.54 Å². The molecule has 0 aliphatic carbocycles. The van der Waals surface area contributed by atoms with E-state index in [1.165, 1.54) is 11.3 Å². The molecule has 1 heterocycles. The number of para-hydroxylation sites is 1. The summed E-state index contributed by atoms with van der Waals surface area (Å²) in [5.41, 5.74) is 1.29. The van der Waals surface area contributed by atoms with Gasteiger partial charge in [-0.25, -0.2) is 0 Å². The van der Waals surface area contributed by atoms with Crippen molar-refractivity contribution in [1.82, 2.24) is 5.32 Å². The molecule has 2 rings (SSSR count). The Hall–Kier alpha value is -1.85. The molecule has 0 fully saturated rings. The van der Waals surface area contributed by atoms with Crippen LogP contribution in [0.25, 0.3) is 0 Å². The van der Waals surface area contributed by atoms with Crippen molar-refractivity contribution in [2.45, 2.75) is 13.0 Å². The van der Waals surface area contributed by atoms with Gasteiger partial charge < -0.3 is 15.2 Å². The van der Waals surface area contributed by atoms with Crippen molar-refractivity contribution < 1.29 is 14.6 Å². The average Bonchev–Trinajstić information content (AvgIpc) is 2.99. The molecule has 0 unspecified atom stereocenters. The smallest absolute Gasteiger partial charge is 0.255 e. The van der Waals surface area contributed by atoms with E-state index in [0.29, 0.717) is 17.9 Å². The van der Waals surface area contributed by atoms with Crippen molar-refractivity contribution in [2.24, 2.45) is 0 Å². The first-order valence-electron chi connectivity index (χ1n) is 6.42. The summed E-state index contributed by atoms with van der Waals surface area (Å²) in [5.74, 6) is 0.306. The van der Waals surface area contributed by atoms with Crippen LogP contribution in [0.3, 0.4) is 0 Å². The molecule has 20 heavy (non-hydrogen) atoms. The summed E-state index contributed by atoms with van der Waals surface area (Å²) in [5, 5.41) is 16.4. The molecular weight excluding hydrogens is 274 g/mol. The molecule has 0 aliphatic rings. The molecule has 0 aliphatic heterocycles. The van der Waals surface area contributed by atoms with Crippen LogP contribution in [0.1, 0.15) is 28.9 Å². The molecule has 0 radical (unpaired) electrons. The zero-order chi connectivity index (χ0) is 14.4. The topological polar surface area (TPSA) is 58.6 Å². The maximum atomic E-state index is 12.1. The van der Waals surface area contributed by atoms with Crippen molar-refractivity contribution in [2.75, 3.05) is 13.2 Å². The van der Waals surface area contributed by atoms with Crippen LogP contribution >= 0.6 is 11.3 Å². The number of thiophene rings is 1. The van der Waals surface area contributed by atoms with Crippen LogP contribution in [0.5, 0.6) is 5.75 Å². The molecule has 2 aromatic rings. The van der Waals surface area contributed by atoms with E-state index >= 15 is 0 Å². The molecule has 0 saturated carbocycles. The molecule has 1 atom stereocenters. The maximum Gasteiger partial charge on any atom is 0.255 e. The lowest BCUT2D eigenvalue weighted by molar-refractivity contribution is 0.0913. The molecule has 0 spiro atoms. The van der Waals surface area contributed by atoms with Gasteiger partial charge in [0.15, 0.2) is 0 Å². The molecule has 106 valence electrons. The second-order valence-electron chi connectivity index (χ2n) is 4.21. The third kappa shape index (κ3) is 3.59. The molecule has 1 amide bonds. The number of carbonyl (C=O) groups excluding carboxylic acids is 1. The van der Waals surface area contributed by atoms with E-state index in [1.807, 2.05) is 29.8 Å². The fourth-order valence-electron chi connectivity index (χ4n) is 1.80. The van der Waals surface area contributed by atoms with Crippen molar-refractivity contribution in [3.05, 3.63) is 52.2 Å². The first-order chi connectivity index (χ1) is 9.72. The third-order valence-corrected chi connectivity index (χ3v) is 3.52. The second kappa shape index (κ2) is 7.07. The molecule has 0 bridgehead atoms. The monoisotopic (exact) mass is 291 g/mol. The Balaban J connectivity index is 1.98. The zero-order valence-corrected chi connectivity index (χ0v) is 12.0. The van der Waals surface area contributed by atoms with Crippen LogP contribution in [-0.4, -0.2) is 24.2 Å². The van der Waals surface area contributed by atoms with Gasteiger partial charge in [-0.05, 0) is 41.4 Å². The van der Waals surface area contributed by atoms with E-state index in [2.05, 4.69) is 5.32 Å². The highest BCUT2D eigenvalue weighted by Gasteiger charge is 2.14.